The highest BCUT2D eigenvalue weighted by Gasteiger charge is 2.34. The zero-order valence-corrected chi connectivity index (χ0v) is 15.8. The zero-order chi connectivity index (χ0) is 20.4. The minimum atomic E-state index is -0.699. The van der Waals surface area contributed by atoms with E-state index in [0.717, 1.165) is 22.8 Å². The number of rotatable bonds is 5. The Labute approximate surface area is 161 Å². The van der Waals surface area contributed by atoms with E-state index in [1.54, 1.807) is 0 Å². The largest absolute Gasteiger partial charge is 0.493 e. The van der Waals surface area contributed by atoms with Crippen LogP contribution in [0.5, 0.6) is 11.5 Å². The van der Waals surface area contributed by atoms with E-state index in [-0.39, 0.29) is 23.6 Å². The van der Waals surface area contributed by atoms with Gasteiger partial charge in [0, 0.05) is 19.0 Å². The number of aldehydes is 1. The first-order valence-electron chi connectivity index (χ1n) is 8.64. The molecule has 2 aromatic carbocycles. The number of methoxy groups -OCH3 is 2. The van der Waals surface area contributed by atoms with E-state index in [9.17, 15) is 19.7 Å². The third kappa shape index (κ3) is 3.40. The third-order valence-corrected chi connectivity index (χ3v) is 4.88. The maximum atomic E-state index is 13.2. The summed E-state index contributed by atoms with van der Waals surface area (Å²) in [5.74, 6) is -0.249. The average molecular weight is 384 g/mol. The van der Waals surface area contributed by atoms with Gasteiger partial charge in [0.15, 0.2) is 11.5 Å². The van der Waals surface area contributed by atoms with Crippen molar-refractivity contribution < 1.29 is 24.0 Å². The molecule has 8 nitrogen and oxygen atoms in total. The van der Waals surface area contributed by atoms with Gasteiger partial charge in [-0.15, -0.1) is 0 Å². The molecule has 0 saturated carbocycles. The first-order valence-corrected chi connectivity index (χ1v) is 8.64. The van der Waals surface area contributed by atoms with Gasteiger partial charge in [0.1, 0.15) is 11.8 Å². The number of benzene rings is 2. The summed E-state index contributed by atoms with van der Waals surface area (Å²) in [6.45, 7) is 2.14. The number of hydrogen-bond acceptors (Lipinski definition) is 6. The summed E-state index contributed by atoms with van der Waals surface area (Å²) < 4.78 is 10.3. The molecule has 146 valence electrons. The first kappa shape index (κ1) is 19.3. The maximum Gasteiger partial charge on any atom is 0.286 e. The lowest BCUT2D eigenvalue weighted by Crippen LogP contribution is -2.45. The third-order valence-electron chi connectivity index (χ3n) is 4.88. The van der Waals surface area contributed by atoms with Gasteiger partial charge in [-0.1, -0.05) is 23.8 Å². The van der Waals surface area contributed by atoms with Gasteiger partial charge in [-0.2, -0.15) is 0 Å². The molecule has 0 aliphatic carbocycles. The lowest BCUT2D eigenvalue weighted by Gasteiger charge is -2.34. The fourth-order valence-corrected chi connectivity index (χ4v) is 3.43. The van der Waals surface area contributed by atoms with Crippen LogP contribution in [0.3, 0.4) is 0 Å². The van der Waals surface area contributed by atoms with Gasteiger partial charge in [0.2, 0.25) is 0 Å². The molecule has 0 saturated heterocycles. The second kappa shape index (κ2) is 7.67. The van der Waals surface area contributed by atoms with Crippen LogP contribution in [0.25, 0.3) is 0 Å². The van der Waals surface area contributed by atoms with E-state index < -0.39 is 22.6 Å². The van der Waals surface area contributed by atoms with Crippen molar-refractivity contribution in [3.8, 4) is 11.5 Å². The average Bonchev–Trinajstić information content (AvgIpc) is 2.70. The SMILES string of the molecule is COc1cc(C(=O)N2Cc3cc(C)ccc3C[C@H]2C=O)c([N+](=O)[O-])cc1OC. The number of hydrogen-bond donors (Lipinski definition) is 0. The molecule has 0 bridgehead atoms. The molecule has 8 heteroatoms. The summed E-state index contributed by atoms with van der Waals surface area (Å²) in [5, 5.41) is 11.5. The Morgan fingerprint density at radius 1 is 1.18 bits per heavy atom. The number of ether oxygens (including phenoxy) is 2. The number of nitro benzene ring substituents is 1. The van der Waals surface area contributed by atoms with Crippen molar-refractivity contribution in [3.05, 3.63) is 62.7 Å². The zero-order valence-electron chi connectivity index (χ0n) is 15.8. The normalized spacial score (nSPS) is 15.5. The van der Waals surface area contributed by atoms with Crippen molar-refractivity contribution in [2.24, 2.45) is 0 Å². The van der Waals surface area contributed by atoms with Crippen LogP contribution in [-0.4, -0.2) is 42.3 Å². The summed E-state index contributed by atoms with van der Waals surface area (Å²) in [5.41, 5.74) is 2.41. The van der Waals surface area contributed by atoms with Crippen molar-refractivity contribution in [1.82, 2.24) is 4.90 Å². The molecule has 28 heavy (non-hydrogen) atoms. The number of nitro groups is 1. The highest BCUT2D eigenvalue weighted by atomic mass is 16.6. The van der Waals surface area contributed by atoms with Crippen molar-refractivity contribution >= 4 is 17.9 Å². The molecule has 0 N–H and O–H groups in total. The fraction of sp³-hybridized carbons (Fsp3) is 0.300. The maximum absolute atomic E-state index is 13.2. The summed E-state index contributed by atoms with van der Waals surface area (Å²) in [7, 11) is 2.74. The van der Waals surface area contributed by atoms with E-state index in [2.05, 4.69) is 0 Å². The van der Waals surface area contributed by atoms with Crippen molar-refractivity contribution in [1.29, 1.82) is 0 Å². The number of carbonyl (C=O) groups is 2. The molecule has 1 heterocycles. The van der Waals surface area contributed by atoms with Gasteiger partial charge in [-0.3, -0.25) is 14.9 Å². The Balaban J connectivity index is 2.07. The molecular weight excluding hydrogens is 364 g/mol. The Bertz CT molecular complexity index is 956. The van der Waals surface area contributed by atoms with E-state index in [0.29, 0.717) is 12.7 Å². The Morgan fingerprint density at radius 3 is 2.46 bits per heavy atom. The molecule has 3 rings (SSSR count). The predicted molar refractivity (Wildman–Crippen MR) is 101 cm³/mol. The number of fused-ring (bicyclic) bond motifs is 1. The minimum absolute atomic E-state index is 0.148. The highest BCUT2D eigenvalue weighted by molar-refractivity contribution is 6.00. The molecule has 0 aromatic heterocycles. The molecule has 1 amide bonds. The monoisotopic (exact) mass is 384 g/mol. The Hall–Kier alpha value is -3.42. The molecule has 0 fully saturated rings. The van der Waals surface area contributed by atoms with Crippen LogP contribution in [0, 0.1) is 17.0 Å². The second-order valence-electron chi connectivity index (χ2n) is 6.59. The van der Waals surface area contributed by atoms with Gasteiger partial charge < -0.3 is 19.2 Å². The number of amides is 1. The second-order valence-corrected chi connectivity index (χ2v) is 6.59. The first-order chi connectivity index (χ1) is 13.4. The molecule has 0 radical (unpaired) electrons. The van der Waals surface area contributed by atoms with Crippen LogP contribution in [0.2, 0.25) is 0 Å². The molecule has 0 unspecified atom stereocenters. The van der Waals surface area contributed by atoms with Gasteiger partial charge >= 0.3 is 0 Å². The van der Waals surface area contributed by atoms with Crippen molar-refractivity contribution in [2.45, 2.75) is 25.9 Å². The smallest absolute Gasteiger partial charge is 0.286 e. The highest BCUT2D eigenvalue weighted by Crippen LogP contribution is 2.36. The van der Waals surface area contributed by atoms with E-state index in [1.165, 1.54) is 25.2 Å². The molecule has 0 spiro atoms. The summed E-state index contributed by atoms with van der Waals surface area (Å²) in [4.78, 5) is 37.1. The number of aryl methyl sites for hydroxylation is 1. The summed E-state index contributed by atoms with van der Waals surface area (Å²) >= 11 is 0. The van der Waals surface area contributed by atoms with E-state index in [4.69, 9.17) is 9.47 Å². The van der Waals surface area contributed by atoms with Crippen LogP contribution in [0.1, 0.15) is 27.0 Å². The Morgan fingerprint density at radius 2 is 1.86 bits per heavy atom. The minimum Gasteiger partial charge on any atom is -0.493 e. The number of nitrogens with zero attached hydrogens (tertiary/aromatic N) is 2. The number of carbonyl (C=O) groups excluding carboxylic acids is 2. The van der Waals surface area contributed by atoms with Crippen LogP contribution in [0.4, 0.5) is 5.69 Å². The van der Waals surface area contributed by atoms with E-state index in [1.807, 2.05) is 25.1 Å². The predicted octanol–water partition coefficient (Wildman–Crippen LogP) is 2.69. The molecule has 1 aliphatic rings. The molecular formula is C20H20N2O6. The van der Waals surface area contributed by atoms with Gasteiger partial charge in [-0.25, -0.2) is 0 Å². The van der Waals surface area contributed by atoms with Gasteiger partial charge in [0.25, 0.3) is 11.6 Å². The summed E-state index contributed by atoms with van der Waals surface area (Å²) in [6.07, 6.45) is 1.07. The standard InChI is InChI=1S/C20H20N2O6/c1-12-4-5-13-7-15(11-23)21(10-14(13)6-12)20(24)16-8-18(27-2)19(28-3)9-17(16)22(25)26/h4-6,8-9,11,15H,7,10H2,1-3H3/t15-/m0/s1. The lowest BCUT2D eigenvalue weighted by atomic mass is 9.92. The van der Waals surface area contributed by atoms with Crippen molar-refractivity contribution in [2.75, 3.05) is 14.2 Å². The molecule has 1 aliphatic heterocycles. The van der Waals surface area contributed by atoms with E-state index >= 15 is 0 Å². The quantitative estimate of drug-likeness (QED) is 0.446. The van der Waals surface area contributed by atoms with Crippen LogP contribution in [0.15, 0.2) is 30.3 Å². The Kier molecular flexibility index (Phi) is 5.30. The molecule has 2 aromatic rings. The van der Waals surface area contributed by atoms with Crippen LogP contribution >= 0.6 is 0 Å². The topological polar surface area (TPSA) is 99.0 Å². The van der Waals surface area contributed by atoms with Crippen LogP contribution < -0.4 is 9.47 Å². The van der Waals surface area contributed by atoms with Crippen LogP contribution in [-0.2, 0) is 17.8 Å². The molecule has 1 atom stereocenters. The van der Waals surface area contributed by atoms with Gasteiger partial charge in [-0.05, 0) is 18.1 Å². The van der Waals surface area contributed by atoms with Crippen molar-refractivity contribution in [3.63, 3.8) is 0 Å². The fourth-order valence-electron chi connectivity index (χ4n) is 3.43. The summed E-state index contributed by atoms with van der Waals surface area (Å²) in [6, 6.07) is 7.60. The lowest BCUT2D eigenvalue weighted by molar-refractivity contribution is -0.385. The van der Waals surface area contributed by atoms with Gasteiger partial charge in [0.05, 0.1) is 31.3 Å².